The van der Waals surface area contributed by atoms with Crippen molar-refractivity contribution in [1.29, 1.82) is 0 Å². The normalized spacial score (nSPS) is 19.5. The molecule has 0 bridgehead atoms. The monoisotopic (exact) mass is 517 g/mol. The summed E-state index contributed by atoms with van der Waals surface area (Å²) in [5.41, 5.74) is 3.77. The van der Waals surface area contributed by atoms with E-state index in [4.69, 9.17) is 9.47 Å². The van der Waals surface area contributed by atoms with Crippen molar-refractivity contribution in [2.45, 2.75) is 36.7 Å². The van der Waals surface area contributed by atoms with Crippen LogP contribution in [0.4, 0.5) is 5.69 Å². The third-order valence-corrected chi connectivity index (χ3v) is 7.19. The molecule has 3 atom stereocenters. The number of aromatic nitrogens is 4. The van der Waals surface area contributed by atoms with E-state index in [0.29, 0.717) is 23.4 Å². The number of hydrogen-bond donors (Lipinski definition) is 2. The van der Waals surface area contributed by atoms with E-state index in [1.54, 1.807) is 36.4 Å². The molecule has 0 aliphatic carbocycles. The first-order valence-corrected chi connectivity index (χ1v) is 12.9. The van der Waals surface area contributed by atoms with Crippen LogP contribution in [0.15, 0.2) is 84.5 Å². The third kappa shape index (κ3) is 6.23. The van der Waals surface area contributed by atoms with Crippen LogP contribution in [-0.2, 0) is 23.1 Å². The zero-order valence-electron chi connectivity index (χ0n) is 20.2. The number of aryl methyl sites for hydroxylation is 1. The Labute approximate surface area is 218 Å². The van der Waals surface area contributed by atoms with Gasteiger partial charge in [-0.1, -0.05) is 48.2 Å². The number of amides is 1. The summed E-state index contributed by atoms with van der Waals surface area (Å²) >= 11 is 1.58. The number of anilines is 1. The minimum absolute atomic E-state index is 0.00788. The van der Waals surface area contributed by atoms with Gasteiger partial charge in [-0.3, -0.25) is 9.78 Å². The molecule has 1 aliphatic rings. The van der Waals surface area contributed by atoms with Crippen molar-refractivity contribution in [2.75, 3.05) is 11.1 Å². The topological polar surface area (TPSA) is 111 Å². The fraction of sp³-hybridized carbons (Fsp3) is 0.259. The molecule has 10 heteroatoms. The second kappa shape index (κ2) is 11.7. The molecule has 2 aromatic carbocycles. The van der Waals surface area contributed by atoms with Gasteiger partial charge in [0.1, 0.15) is 6.33 Å². The Morgan fingerprint density at radius 1 is 1.14 bits per heavy atom. The summed E-state index contributed by atoms with van der Waals surface area (Å²) in [6.45, 7) is -0.00788. The number of carbonyl (C=O) groups is 1. The Hall–Kier alpha value is -3.57. The first-order chi connectivity index (χ1) is 18.1. The van der Waals surface area contributed by atoms with E-state index in [9.17, 15) is 9.90 Å². The molecule has 0 spiro atoms. The Kier molecular flexibility index (Phi) is 7.90. The van der Waals surface area contributed by atoms with E-state index in [0.717, 1.165) is 21.8 Å². The number of nitrogens with one attached hydrogen (secondary N) is 1. The van der Waals surface area contributed by atoms with Crippen LogP contribution in [0.2, 0.25) is 0 Å². The molecule has 0 radical (unpaired) electrons. The SMILES string of the molecule is Cn1cnnc1SCC1CC(c2ccc(CO)cc2)OC(c2cccc(NC(=O)c3cccnc3)c2)O1. The largest absolute Gasteiger partial charge is 0.392 e. The molecule has 1 aliphatic heterocycles. The molecule has 4 aromatic rings. The average Bonchev–Trinajstić information content (AvgIpc) is 3.37. The molecule has 3 unspecified atom stereocenters. The summed E-state index contributed by atoms with van der Waals surface area (Å²) in [4.78, 5) is 16.6. The maximum Gasteiger partial charge on any atom is 0.257 e. The summed E-state index contributed by atoms with van der Waals surface area (Å²) in [5, 5.41) is 21.3. The van der Waals surface area contributed by atoms with Gasteiger partial charge in [0.2, 0.25) is 0 Å². The number of aliphatic hydroxyl groups is 1. The summed E-state index contributed by atoms with van der Waals surface area (Å²) in [5.74, 6) is 0.435. The lowest BCUT2D eigenvalue weighted by Gasteiger charge is -2.36. The summed E-state index contributed by atoms with van der Waals surface area (Å²) in [6.07, 6.45) is 4.54. The van der Waals surface area contributed by atoms with E-state index in [2.05, 4.69) is 20.5 Å². The van der Waals surface area contributed by atoms with Crippen LogP contribution in [0, 0.1) is 0 Å². The maximum atomic E-state index is 12.6. The predicted octanol–water partition coefficient (Wildman–Crippen LogP) is 4.29. The van der Waals surface area contributed by atoms with Crippen molar-refractivity contribution in [3.05, 3.63) is 102 Å². The number of carbonyl (C=O) groups excluding carboxylic acids is 1. The fourth-order valence-electron chi connectivity index (χ4n) is 4.06. The van der Waals surface area contributed by atoms with Crippen molar-refractivity contribution >= 4 is 23.4 Å². The van der Waals surface area contributed by atoms with E-state index in [1.807, 2.05) is 60.1 Å². The van der Waals surface area contributed by atoms with E-state index >= 15 is 0 Å². The number of benzene rings is 2. The maximum absolute atomic E-state index is 12.6. The standard InChI is InChI=1S/C27H27N5O4S/c1-32-17-29-31-27(32)37-16-23-13-24(19-9-7-18(15-33)8-10-19)36-26(35-23)20-4-2-6-22(12-20)30-25(34)21-5-3-11-28-14-21/h2-12,14,17,23-24,26,33H,13,15-16H2,1H3,(H,30,34). The minimum atomic E-state index is -0.628. The number of hydrogen-bond acceptors (Lipinski definition) is 8. The molecule has 2 N–H and O–H groups in total. The van der Waals surface area contributed by atoms with Crippen LogP contribution in [0.3, 0.4) is 0 Å². The first-order valence-electron chi connectivity index (χ1n) is 11.9. The minimum Gasteiger partial charge on any atom is -0.392 e. The second-order valence-electron chi connectivity index (χ2n) is 8.71. The molecule has 3 heterocycles. The molecule has 37 heavy (non-hydrogen) atoms. The number of nitrogens with zero attached hydrogens (tertiary/aromatic N) is 4. The molecule has 5 rings (SSSR count). The molecule has 0 saturated carbocycles. The van der Waals surface area contributed by atoms with Gasteiger partial charge in [0, 0.05) is 42.9 Å². The second-order valence-corrected chi connectivity index (χ2v) is 9.69. The van der Waals surface area contributed by atoms with E-state index < -0.39 is 6.29 Å². The molecule has 1 amide bonds. The highest BCUT2D eigenvalue weighted by molar-refractivity contribution is 7.99. The van der Waals surface area contributed by atoms with Gasteiger partial charge in [0.05, 0.1) is 24.4 Å². The van der Waals surface area contributed by atoms with Crippen molar-refractivity contribution in [3.63, 3.8) is 0 Å². The Balaban J connectivity index is 1.35. The van der Waals surface area contributed by atoms with Gasteiger partial charge in [-0.05, 0) is 35.4 Å². The number of aliphatic hydroxyl groups excluding tert-OH is 1. The third-order valence-electron chi connectivity index (χ3n) is 6.02. The number of pyridine rings is 1. The van der Waals surface area contributed by atoms with Gasteiger partial charge in [0.15, 0.2) is 11.4 Å². The highest BCUT2D eigenvalue weighted by atomic mass is 32.2. The Morgan fingerprint density at radius 2 is 2.00 bits per heavy atom. The number of ether oxygens (including phenoxy) is 2. The molecule has 1 saturated heterocycles. The van der Waals surface area contributed by atoms with Crippen LogP contribution in [0.5, 0.6) is 0 Å². The van der Waals surface area contributed by atoms with Gasteiger partial charge >= 0.3 is 0 Å². The zero-order valence-corrected chi connectivity index (χ0v) is 21.0. The van der Waals surface area contributed by atoms with Crippen LogP contribution in [0.1, 0.15) is 45.9 Å². The smallest absolute Gasteiger partial charge is 0.257 e. The van der Waals surface area contributed by atoms with E-state index in [-0.39, 0.29) is 24.7 Å². The molecular formula is C27H27N5O4S. The summed E-state index contributed by atoms with van der Waals surface area (Å²) in [7, 11) is 1.91. The van der Waals surface area contributed by atoms with Gasteiger partial charge in [-0.25, -0.2) is 0 Å². The van der Waals surface area contributed by atoms with Crippen LogP contribution >= 0.6 is 11.8 Å². The van der Waals surface area contributed by atoms with Crippen LogP contribution < -0.4 is 5.32 Å². The quantitative estimate of drug-likeness (QED) is 0.333. The lowest BCUT2D eigenvalue weighted by molar-refractivity contribution is -0.245. The zero-order chi connectivity index (χ0) is 25.6. The van der Waals surface area contributed by atoms with Gasteiger partial charge in [0.25, 0.3) is 5.91 Å². The molecule has 190 valence electrons. The highest BCUT2D eigenvalue weighted by Gasteiger charge is 2.32. The Morgan fingerprint density at radius 3 is 2.73 bits per heavy atom. The predicted molar refractivity (Wildman–Crippen MR) is 139 cm³/mol. The van der Waals surface area contributed by atoms with Crippen LogP contribution in [0.25, 0.3) is 0 Å². The molecule has 2 aromatic heterocycles. The fourth-order valence-corrected chi connectivity index (χ4v) is 4.96. The summed E-state index contributed by atoms with van der Waals surface area (Å²) in [6, 6.07) is 18.7. The van der Waals surface area contributed by atoms with Crippen molar-refractivity contribution in [1.82, 2.24) is 19.7 Å². The number of thioether (sulfide) groups is 1. The van der Waals surface area contributed by atoms with Crippen molar-refractivity contribution in [3.8, 4) is 0 Å². The molecule has 1 fully saturated rings. The lowest BCUT2D eigenvalue weighted by atomic mass is 10.0. The van der Waals surface area contributed by atoms with Gasteiger partial charge < -0.3 is 24.5 Å². The van der Waals surface area contributed by atoms with Crippen molar-refractivity contribution in [2.24, 2.45) is 7.05 Å². The summed E-state index contributed by atoms with van der Waals surface area (Å²) < 4.78 is 14.7. The average molecular weight is 518 g/mol. The Bertz CT molecular complexity index is 1330. The number of rotatable bonds is 8. The highest BCUT2D eigenvalue weighted by Crippen LogP contribution is 2.39. The molecule has 9 nitrogen and oxygen atoms in total. The molecular weight excluding hydrogens is 490 g/mol. The van der Waals surface area contributed by atoms with Crippen LogP contribution in [-0.4, -0.2) is 42.6 Å². The van der Waals surface area contributed by atoms with Gasteiger partial charge in [-0.2, -0.15) is 0 Å². The van der Waals surface area contributed by atoms with Gasteiger partial charge in [-0.15, -0.1) is 10.2 Å². The van der Waals surface area contributed by atoms with E-state index in [1.165, 1.54) is 6.20 Å². The van der Waals surface area contributed by atoms with Crippen molar-refractivity contribution < 1.29 is 19.4 Å². The first kappa shape index (κ1) is 25.1. The lowest BCUT2D eigenvalue weighted by Crippen LogP contribution is -2.31.